The van der Waals surface area contributed by atoms with Crippen molar-refractivity contribution >= 4 is 23.1 Å². The zero-order valence-electron chi connectivity index (χ0n) is 32.2. The van der Waals surface area contributed by atoms with Crippen LogP contribution >= 0.6 is 0 Å². The van der Waals surface area contributed by atoms with Crippen molar-refractivity contribution < 1.29 is 9.47 Å². The summed E-state index contributed by atoms with van der Waals surface area (Å²) in [5, 5.41) is 0. The number of ether oxygens (including phenoxy) is 2. The minimum atomic E-state index is 0.0422. The third-order valence-electron chi connectivity index (χ3n) is 13.4. The van der Waals surface area contributed by atoms with Crippen molar-refractivity contribution in [2.45, 2.75) is 117 Å². The first-order valence-corrected chi connectivity index (χ1v) is 19.1. The molecule has 5 aromatic rings. The smallest absolute Gasteiger partial charge is 0.260 e. The molecule has 258 valence electrons. The van der Waals surface area contributed by atoms with Crippen molar-refractivity contribution in [3.05, 3.63) is 112 Å². The van der Waals surface area contributed by atoms with Gasteiger partial charge in [-0.1, -0.05) is 110 Å². The molecular formula is C48H51BO2. The highest BCUT2D eigenvalue weighted by molar-refractivity contribution is 6.98. The second kappa shape index (κ2) is 10.7. The minimum absolute atomic E-state index is 0.0422. The molecule has 2 nitrogen and oxygen atoms in total. The lowest BCUT2D eigenvalue weighted by Gasteiger charge is -2.42. The third kappa shape index (κ3) is 4.90. The van der Waals surface area contributed by atoms with Gasteiger partial charge in [-0.2, -0.15) is 0 Å². The lowest BCUT2D eigenvalue weighted by molar-refractivity contribution is 0.332. The fourth-order valence-corrected chi connectivity index (χ4v) is 9.83. The first kappa shape index (κ1) is 32.7. The molecule has 0 atom stereocenters. The zero-order chi connectivity index (χ0) is 35.8. The van der Waals surface area contributed by atoms with E-state index in [9.17, 15) is 0 Å². The molecule has 3 heteroatoms. The number of benzene rings is 5. The van der Waals surface area contributed by atoms with E-state index in [4.69, 9.17) is 9.47 Å². The van der Waals surface area contributed by atoms with E-state index >= 15 is 0 Å². The molecule has 0 N–H and O–H groups in total. The summed E-state index contributed by atoms with van der Waals surface area (Å²) in [5.41, 5.74) is 17.9. The topological polar surface area (TPSA) is 18.5 Å². The van der Waals surface area contributed by atoms with Crippen molar-refractivity contribution in [3.63, 3.8) is 0 Å². The van der Waals surface area contributed by atoms with Gasteiger partial charge in [-0.05, 0) is 152 Å². The average molecular weight is 671 g/mol. The van der Waals surface area contributed by atoms with E-state index in [1.807, 2.05) is 0 Å². The quantitative estimate of drug-likeness (QED) is 0.171. The van der Waals surface area contributed by atoms with Gasteiger partial charge in [0, 0.05) is 5.46 Å². The van der Waals surface area contributed by atoms with Crippen LogP contribution in [0.1, 0.15) is 114 Å². The predicted octanol–water partition coefficient (Wildman–Crippen LogP) is 11.1. The zero-order valence-corrected chi connectivity index (χ0v) is 32.2. The number of rotatable bonds is 2. The number of hydrogen-bond donors (Lipinski definition) is 0. The predicted molar refractivity (Wildman–Crippen MR) is 215 cm³/mol. The van der Waals surface area contributed by atoms with Crippen molar-refractivity contribution in [1.29, 1.82) is 0 Å². The maximum Gasteiger partial charge on any atom is 0.260 e. The van der Waals surface area contributed by atoms with Gasteiger partial charge >= 0.3 is 0 Å². The summed E-state index contributed by atoms with van der Waals surface area (Å²) in [6.45, 7) is 23.8. The van der Waals surface area contributed by atoms with Gasteiger partial charge in [0.05, 0.1) is 0 Å². The van der Waals surface area contributed by atoms with E-state index in [2.05, 4.69) is 148 Å². The Kier molecular flexibility index (Phi) is 6.82. The van der Waals surface area contributed by atoms with Crippen molar-refractivity contribution in [2.24, 2.45) is 0 Å². The standard InChI is InChI=1S/C48H51BO2/c1-28-22-34-36(47(7,8)20-18-45(34,3)4)26-32(28)30-14-16-38-42(24-30)50-40-12-11-13-41-44(40)49(38)39-17-15-31(25-43(39)51-41)33-27-37-35(23-29(33)2)46(5,6)19-21-48(37,9)10/h11-17,22-27H,18-21H2,1-10H3. The van der Waals surface area contributed by atoms with Gasteiger partial charge in [-0.25, -0.2) is 0 Å². The molecule has 0 saturated heterocycles. The molecule has 0 aromatic heterocycles. The molecule has 0 unspecified atom stereocenters. The Labute approximate surface area is 305 Å². The van der Waals surface area contributed by atoms with Crippen LogP contribution < -0.4 is 25.9 Å². The Balaban J connectivity index is 1.15. The Bertz CT molecular complexity index is 2140. The first-order chi connectivity index (χ1) is 24.0. The average Bonchev–Trinajstić information content (AvgIpc) is 3.08. The van der Waals surface area contributed by atoms with Gasteiger partial charge in [0.15, 0.2) is 0 Å². The highest BCUT2D eigenvalue weighted by Gasteiger charge is 2.42. The Hall–Kier alpha value is -4.24. The largest absolute Gasteiger partial charge is 0.458 e. The summed E-state index contributed by atoms with van der Waals surface area (Å²) in [6.07, 6.45) is 4.85. The lowest BCUT2D eigenvalue weighted by atomic mass is 9.35. The van der Waals surface area contributed by atoms with E-state index in [-0.39, 0.29) is 28.4 Å². The molecule has 2 heterocycles. The van der Waals surface area contributed by atoms with E-state index in [1.54, 1.807) is 0 Å². The highest BCUT2D eigenvalue weighted by Crippen LogP contribution is 2.50. The highest BCUT2D eigenvalue weighted by atomic mass is 16.5. The molecule has 5 aromatic carbocycles. The Morgan fingerprint density at radius 2 is 0.824 bits per heavy atom. The van der Waals surface area contributed by atoms with Gasteiger partial charge in [-0.15, -0.1) is 0 Å². The number of fused-ring (bicyclic) bond motifs is 6. The van der Waals surface area contributed by atoms with Crippen molar-refractivity contribution in [3.8, 4) is 45.3 Å². The number of aryl methyl sites for hydroxylation is 2. The summed E-state index contributed by atoms with van der Waals surface area (Å²) >= 11 is 0. The molecule has 9 rings (SSSR count). The van der Waals surface area contributed by atoms with Crippen LogP contribution in [0.2, 0.25) is 0 Å². The molecule has 0 saturated carbocycles. The molecule has 2 aliphatic carbocycles. The van der Waals surface area contributed by atoms with E-state index in [0.29, 0.717) is 0 Å². The summed E-state index contributed by atoms with van der Waals surface area (Å²) in [4.78, 5) is 0. The normalized spacial score (nSPS) is 19.4. The van der Waals surface area contributed by atoms with E-state index in [1.165, 1.54) is 92.2 Å². The Morgan fingerprint density at radius 1 is 0.451 bits per heavy atom. The molecule has 4 aliphatic rings. The summed E-state index contributed by atoms with van der Waals surface area (Å²) in [6, 6.07) is 30.0. The SMILES string of the molecule is Cc1cc2c(cc1-c1ccc3c(c1)Oc1cccc4c1B3c1ccc(-c3cc5c(cc3C)C(C)(C)CCC5(C)C)cc1O4)C(C)(C)CCC2(C)C. The van der Waals surface area contributed by atoms with Crippen molar-refractivity contribution in [1.82, 2.24) is 0 Å². The van der Waals surface area contributed by atoms with Crippen molar-refractivity contribution in [2.75, 3.05) is 0 Å². The van der Waals surface area contributed by atoms with E-state index in [0.717, 1.165) is 28.5 Å². The first-order valence-electron chi connectivity index (χ1n) is 19.1. The summed E-state index contributed by atoms with van der Waals surface area (Å²) in [5.74, 6) is 3.65. The van der Waals surface area contributed by atoms with Crippen LogP contribution in [0.3, 0.4) is 0 Å². The molecular weight excluding hydrogens is 619 g/mol. The van der Waals surface area contributed by atoms with Gasteiger partial charge in [0.2, 0.25) is 0 Å². The molecule has 0 spiro atoms. The van der Waals surface area contributed by atoms with Crippen LogP contribution in [0.25, 0.3) is 22.3 Å². The van der Waals surface area contributed by atoms with Gasteiger partial charge < -0.3 is 9.47 Å². The van der Waals surface area contributed by atoms with Crippen LogP contribution in [0.5, 0.6) is 23.0 Å². The Morgan fingerprint density at radius 3 is 1.22 bits per heavy atom. The van der Waals surface area contributed by atoms with Gasteiger partial charge in [0.25, 0.3) is 6.71 Å². The maximum absolute atomic E-state index is 6.75. The molecule has 0 amide bonds. The maximum atomic E-state index is 6.75. The molecule has 2 aliphatic heterocycles. The molecule has 0 radical (unpaired) electrons. The summed E-state index contributed by atoms with van der Waals surface area (Å²) < 4.78 is 13.5. The monoisotopic (exact) mass is 670 g/mol. The fraction of sp³-hybridized carbons (Fsp3) is 0.375. The van der Waals surface area contributed by atoms with Crippen LogP contribution in [0, 0.1) is 13.8 Å². The minimum Gasteiger partial charge on any atom is -0.458 e. The van der Waals surface area contributed by atoms with Crippen LogP contribution in [0.4, 0.5) is 0 Å². The lowest BCUT2D eigenvalue weighted by Crippen LogP contribution is -2.57. The van der Waals surface area contributed by atoms with Gasteiger partial charge in [-0.3, -0.25) is 0 Å². The molecule has 0 fully saturated rings. The third-order valence-corrected chi connectivity index (χ3v) is 13.4. The summed E-state index contributed by atoms with van der Waals surface area (Å²) in [7, 11) is 0. The second-order valence-corrected chi connectivity index (χ2v) is 18.8. The number of hydrogen-bond acceptors (Lipinski definition) is 2. The van der Waals surface area contributed by atoms with Crippen LogP contribution in [-0.2, 0) is 21.7 Å². The second-order valence-electron chi connectivity index (χ2n) is 18.8. The van der Waals surface area contributed by atoms with Gasteiger partial charge in [0.1, 0.15) is 23.0 Å². The fourth-order valence-electron chi connectivity index (χ4n) is 9.83. The van der Waals surface area contributed by atoms with Crippen LogP contribution in [-0.4, -0.2) is 6.71 Å². The van der Waals surface area contributed by atoms with Crippen LogP contribution in [0.15, 0.2) is 78.9 Å². The molecule has 0 bridgehead atoms. The molecule has 51 heavy (non-hydrogen) atoms. The van der Waals surface area contributed by atoms with E-state index < -0.39 is 0 Å².